The fourth-order valence-corrected chi connectivity index (χ4v) is 11.1. The zero-order valence-corrected chi connectivity index (χ0v) is 46.3. The molecule has 0 spiro atoms. The van der Waals surface area contributed by atoms with Crippen molar-refractivity contribution in [2.75, 3.05) is 68.4 Å². The lowest BCUT2D eigenvalue weighted by atomic mass is 9.78. The summed E-state index contributed by atoms with van der Waals surface area (Å²) in [5, 5.41) is 15.2. The molecule has 16 heteroatoms. The summed E-state index contributed by atoms with van der Waals surface area (Å²) < 4.78 is 48.0. The molecular formula is C57H92N2O14. The van der Waals surface area contributed by atoms with Crippen LogP contribution in [0.5, 0.6) is 0 Å². The number of nitrogens with one attached hydrogen (secondary N) is 1. The van der Waals surface area contributed by atoms with Gasteiger partial charge in [-0.05, 0) is 114 Å². The first kappa shape index (κ1) is 62.1. The number of ether oxygens (including phenoxy) is 8. The third-order valence-corrected chi connectivity index (χ3v) is 15.7. The van der Waals surface area contributed by atoms with Crippen LogP contribution < -0.4 is 5.32 Å². The largest absolute Gasteiger partial charge is 0.460 e. The summed E-state index contributed by atoms with van der Waals surface area (Å²) in [6.07, 6.45) is 13.8. The third-order valence-electron chi connectivity index (χ3n) is 15.7. The highest BCUT2D eigenvalue weighted by Gasteiger charge is 2.53. The molecule has 15 atom stereocenters. The fourth-order valence-electron chi connectivity index (χ4n) is 11.1. The second kappa shape index (κ2) is 30.9. The summed E-state index contributed by atoms with van der Waals surface area (Å²) in [4.78, 5) is 73.2. The number of esters is 1. The first-order chi connectivity index (χ1) is 34.8. The normalized spacial score (nSPS) is 37.3. The lowest BCUT2D eigenvalue weighted by molar-refractivity contribution is -0.266. The Morgan fingerprint density at radius 3 is 2.22 bits per heavy atom. The van der Waals surface area contributed by atoms with Gasteiger partial charge in [0, 0.05) is 72.1 Å². The molecule has 2 saturated heterocycles. The second-order valence-corrected chi connectivity index (χ2v) is 21.4. The van der Waals surface area contributed by atoms with Crippen LogP contribution in [0.1, 0.15) is 126 Å². The highest BCUT2D eigenvalue weighted by Crippen LogP contribution is 2.38. The number of methoxy groups -OCH3 is 4. The molecule has 2 N–H and O–H groups in total. The van der Waals surface area contributed by atoms with Gasteiger partial charge in [-0.25, -0.2) is 4.79 Å². The molecule has 4 aliphatic rings. The molecule has 414 valence electrons. The number of cyclic esters (lactones) is 1. The van der Waals surface area contributed by atoms with Gasteiger partial charge >= 0.3 is 5.97 Å². The Bertz CT molecular complexity index is 1900. The summed E-state index contributed by atoms with van der Waals surface area (Å²) in [6, 6.07) is -1.13. The monoisotopic (exact) mass is 1030 g/mol. The highest BCUT2D eigenvalue weighted by atomic mass is 16.6. The van der Waals surface area contributed by atoms with E-state index in [1.54, 1.807) is 34.1 Å². The molecule has 16 nitrogen and oxygen atoms in total. The highest BCUT2D eigenvalue weighted by molar-refractivity contribution is 6.39. The van der Waals surface area contributed by atoms with Crippen molar-refractivity contribution in [1.82, 2.24) is 10.2 Å². The smallest absolute Gasteiger partial charge is 0.329 e. The van der Waals surface area contributed by atoms with E-state index in [-0.39, 0.29) is 73.4 Å². The number of piperidine rings is 1. The van der Waals surface area contributed by atoms with Crippen molar-refractivity contribution in [2.24, 2.45) is 35.5 Å². The van der Waals surface area contributed by atoms with Gasteiger partial charge in [0.05, 0.1) is 44.2 Å². The maximum absolute atomic E-state index is 14.6. The van der Waals surface area contributed by atoms with Gasteiger partial charge in [0.25, 0.3) is 11.7 Å². The van der Waals surface area contributed by atoms with Crippen LogP contribution in [-0.4, -0.2) is 162 Å². The van der Waals surface area contributed by atoms with Gasteiger partial charge < -0.3 is 53.2 Å². The average molecular weight is 1030 g/mol. The molecule has 3 heterocycles. The number of hydrogen-bond donors (Lipinski definition) is 2. The van der Waals surface area contributed by atoms with Crippen LogP contribution in [0, 0.1) is 35.5 Å². The van der Waals surface area contributed by atoms with Crippen molar-refractivity contribution in [3.05, 3.63) is 47.6 Å². The molecule has 1 amide bonds. The maximum Gasteiger partial charge on any atom is 0.329 e. The zero-order chi connectivity index (χ0) is 53.8. The molecule has 0 aromatic carbocycles. The Balaban J connectivity index is 1.73. The molecule has 2 bridgehead atoms. The van der Waals surface area contributed by atoms with Crippen LogP contribution >= 0.6 is 0 Å². The molecule has 1 aliphatic carbocycles. The van der Waals surface area contributed by atoms with Gasteiger partial charge in [-0.2, -0.15) is 0 Å². The molecule has 1 saturated carbocycles. The average Bonchev–Trinajstić information content (AvgIpc) is 3.37. The van der Waals surface area contributed by atoms with Gasteiger partial charge in [0.1, 0.15) is 30.1 Å². The van der Waals surface area contributed by atoms with Gasteiger partial charge in [0.15, 0.2) is 5.78 Å². The van der Waals surface area contributed by atoms with E-state index in [4.69, 9.17) is 37.9 Å². The van der Waals surface area contributed by atoms with E-state index in [0.717, 1.165) is 24.8 Å². The first-order valence-corrected chi connectivity index (χ1v) is 27.0. The SMILES string of the molecule is CNCCOCCOC1C[C@@H]2CC[C@@H](C)[C@@](O)(O2)C(=O)C(=O)N2CCCC[C@H]2C(=O)O[C@H]([C@H](C)C[C@@H]2CC[C@@H](OC)[C@H](OC)C2)CC(=O)[C@H](C)/C=C(\C)[C@@H](OC)[C@@H](OC)C(=O)[C@H](C)C[C@H](C)/C=C/C=C/C=C/1C. The van der Waals surface area contributed by atoms with Crippen molar-refractivity contribution < 1.29 is 67.0 Å². The van der Waals surface area contributed by atoms with E-state index in [9.17, 15) is 29.1 Å². The number of allylic oxidation sites excluding steroid dienone is 6. The minimum atomic E-state index is -2.45. The molecule has 73 heavy (non-hydrogen) atoms. The lowest BCUT2D eigenvalue weighted by Crippen LogP contribution is -2.61. The van der Waals surface area contributed by atoms with Gasteiger partial charge in [0.2, 0.25) is 5.79 Å². The summed E-state index contributed by atoms with van der Waals surface area (Å²) in [7, 11) is 8.22. The topological polar surface area (TPSA) is 195 Å². The molecule has 3 aliphatic heterocycles. The van der Waals surface area contributed by atoms with Crippen LogP contribution in [-0.2, 0) is 61.9 Å². The van der Waals surface area contributed by atoms with Gasteiger partial charge in [-0.3, -0.25) is 19.2 Å². The van der Waals surface area contributed by atoms with Crippen LogP contribution in [0.3, 0.4) is 0 Å². The summed E-state index contributed by atoms with van der Waals surface area (Å²) in [5.41, 5.74) is 1.53. The van der Waals surface area contributed by atoms with E-state index >= 15 is 0 Å². The summed E-state index contributed by atoms with van der Waals surface area (Å²) in [6.45, 7) is 15.1. The number of likely N-dealkylation sites (N-methyl/N-ethyl adjacent to an activating group) is 1. The fraction of sp³-hybridized carbons (Fsp3) is 0.772. The number of fused-ring (bicyclic) bond motifs is 3. The van der Waals surface area contributed by atoms with Crippen LogP contribution in [0.4, 0.5) is 0 Å². The molecule has 4 rings (SSSR count). The number of carbonyl (C=O) groups is 5. The molecule has 3 fully saturated rings. The summed E-state index contributed by atoms with van der Waals surface area (Å²) >= 11 is 0. The minimum absolute atomic E-state index is 0.0305. The maximum atomic E-state index is 14.6. The molecule has 0 aromatic heterocycles. The zero-order valence-electron chi connectivity index (χ0n) is 46.3. The number of nitrogens with zero attached hydrogens (tertiary/aromatic N) is 1. The Morgan fingerprint density at radius 2 is 1.53 bits per heavy atom. The predicted octanol–water partition coefficient (Wildman–Crippen LogP) is 7.10. The number of aliphatic hydroxyl groups is 1. The van der Waals surface area contributed by atoms with E-state index in [0.29, 0.717) is 70.3 Å². The number of rotatable bonds is 14. The van der Waals surface area contributed by atoms with Gasteiger partial charge in [-0.1, -0.05) is 71.1 Å². The van der Waals surface area contributed by atoms with Gasteiger partial charge in [-0.15, -0.1) is 0 Å². The van der Waals surface area contributed by atoms with Crippen molar-refractivity contribution in [3.8, 4) is 0 Å². The Labute approximate surface area is 436 Å². The number of Topliss-reactive ketones (excluding diaryl/α,β-unsaturated/α-hetero) is 3. The van der Waals surface area contributed by atoms with E-state index in [1.165, 1.54) is 19.1 Å². The first-order valence-electron chi connectivity index (χ1n) is 27.0. The Hall–Kier alpha value is -3.45. The Kier molecular flexibility index (Phi) is 26.3. The van der Waals surface area contributed by atoms with E-state index in [1.807, 2.05) is 65.1 Å². The summed E-state index contributed by atoms with van der Waals surface area (Å²) in [5.74, 6) is -7.38. The predicted molar refractivity (Wildman–Crippen MR) is 278 cm³/mol. The van der Waals surface area contributed by atoms with Crippen molar-refractivity contribution in [3.63, 3.8) is 0 Å². The number of carbonyl (C=O) groups excluding carboxylic acids is 5. The minimum Gasteiger partial charge on any atom is -0.460 e. The second-order valence-electron chi connectivity index (χ2n) is 21.4. The quantitative estimate of drug-likeness (QED) is 0.0774. The van der Waals surface area contributed by atoms with E-state index < -0.39 is 71.8 Å². The van der Waals surface area contributed by atoms with Crippen LogP contribution in [0.15, 0.2) is 47.6 Å². The van der Waals surface area contributed by atoms with E-state index in [2.05, 4.69) is 12.2 Å². The van der Waals surface area contributed by atoms with Crippen LogP contribution in [0.2, 0.25) is 0 Å². The molecular weight excluding hydrogens is 937 g/mol. The van der Waals surface area contributed by atoms with Crippen LogP contribution in [0.25, 0.3) is 0 Å². The third kappa shape index (κ3) is 17.8. The number of hydrogen-bond acceptors (Lipinski definition) is 15. The van der Waals surface area contributed by atoms with Crippen molar-refractivity contribution in [1.29, 1.82) is 0 Å². The van der Waals surface area contributed by atoms with Crippen molar-refractivity contribution >= 4 is 29.2 Å². The number of amides is 1. The molecule has 0 radical (unpaired) electrons. The Morgan fingerprint density at radius 1 is 0.808 bits per heavy atom. The molecule has 0 aromatic rings. The standard InChI is InChI=1S/C57H92N2O14/c1-36-18-14-13-15-19-37(2)48(71-29-28-70-27-25-58-8)34-44-23-21-42(7)57(65,73-44)54(62)55(63)59-26-17-16-20-45(59)56(64)72-49(39(4)32-43-22-24-47(66-9)50(33-43)67-10)35-46(60)38(3)31-41(6)52(68-11)53(69-12)51(61)40(5)30-36/h13-15,18-19,31,36,38-40,42-45,47-50,52-53,58,65H,16-17,20-30,32-35H2,1-12H3/b15-13+,18-14+,37-19+,41-31+/t36-,38-,39-,40-,42-,43+,44+,45+,47-,48?,49+,50-,52-,53+,57-/m1/s1. The lowest BCUT2D eigenvalue weighted by Gasteiger charge is -2.43. The molecule has 1 unspecified atom stereocenters. The number of ketones is 3. The van der Waals surface area contributed by atoms with Crippen molar-refractivity contribution in [2.45, 2.75) is 180 Å².